The van der Waals surface area contributed by atoms with Gasteiger partial charge >= 0.3 is 5.97 Å². The van der Waals surface area contributed by atoms with Crippen molar-refractivity contribution in [1.29, 1.82) is 0 Å². The number of rotatable bonds is 6. The fraction of sp³-hybridized carbons (Fsp3) is 0.150. The van der Waals surface area contributed by atoms with Crippen LogP contribution in [0.15, 0.2) is 61.2 Å². The van der Waals surface area contributed by atoms with Crippen molar-refractivity contribution in [3.8, 4) is 5.75 Å². The summed E-state index contributed by atoms with van der Waals surface area (Å²) in [6.07, 6.45) is 0.179. The molecule has 0 aliphatic rings. The van der Waals surface area contributed by atoms with Crippen molar-refractivity contribution in [1.82, 2.24) is 0 Å². The fourth-order valence-corrected chi connectivity index (χ4v) is 2.66. The van der Waals surface area contributed by atoms with E-state index in [9.17, 15) is 14.3 Å². The minimum Gasteiger partial charge on any atom is -0.488 e. The highest BCUT2D eigenvalue weighted by molar-refractivity contribution is 6.05. The third-order valence-corrected chi connectivity index (χ3v) is 3.84. The van der Waals surface area contributed by atoms with E-state index in [1.807, 2.05) is 30.3 Å². The number of carbonyl (C=O) groups excluding carboxylic acids is 1. The molecule has 0 heterocycles. The van der Waals surface area contributed by atoms with Crippen LogP contribution in [0, 0.1) is 5.82 Å². The van der Waals surface area contributed by atoms with E-state index < -0.39 is 18.7 Å². The molecule has 3 rings (SSSR count). The Balaban J connectivity index is 2.01. The van der Waals surface area contributed by atoms with Crippen molar-refractivity contribution in [3.05, 3.63) is 67.0 Å². The molecule has 0 aliphatic heterocycles. The van der Waals surface area contributed by atoms with Crippen LogP contribution in [0.3, 0.4) is 0 Å². The van der Waals surface area contributed by atoms with Crippen LogP contribution >= 0.6 is 0 Å². The molecule has 0 aromatic heterocycles. The van der Waals surface area contributed by atoms with E-state index in [4.69, 9.17) is 9.47 Å². The van der Waals surface area contributed by atoms with E-state index in [0.717, 1.165) is 22.2 Å². The number of aliphatic hydroxyl groups is 1. The number of benzene rings is 3. The molecule has 0 spiro atoms. The lowest BCUT2D eigenvalue weighted by Crippen LogP contribution is -2.27. The van der Waals surface area contributed by atoms with Crippen LogP contribution in [-0.2, 0) is 9.53 Å². The second kappa shape index (κ2) is 7.32. The van der Waals surface area contributed by atoms with Gasteiger partial charge in [0.25, 0.3) is 0 Å². The molecular formula is C20H17FO4. The Morgan fingerprint density at radius 2 is 1.92 bits per heavy atom. The van der Waals surface area contributed by atoms with Gasteiger partial charge in [0, 0.05) is 16.8 Å². The molecule has 0 fully saturated rings. The number of halogens is 1. The van der Waals surface area contributed by atoms with Gasteiger partial charge in [0.15, 0.2) is 6.10 Å². The number of hydrogen-bond donors (Lipinski definition) is 1. The van der Waals surface area contributed by atoms with Gasteiger partial charge in [0.1, 0.15) is 18.2 Å². The maximum Gasteiger partial charge on any atom is 0.330 e. The van der Waals surface area contributed by atoms with Crippen molar-refractivity contribution >= 4 is 27.5 Å². The zero-order valence-corrected chi connectivity index (χ0v) is 13.4. The van der Waals surface area contributed by atoms with Gasteiger partial charge in [-0.05, 0) is 29.0 Å². The maximum absolute atomic E-state index is 13.7. The number of aliphatic hydroxyl groups excluding tert-OH is 1. The molecule has 25 heavy (non-hydrogen) atoms. The van der Waals surface area contributed by atoms with Gasteiger partial charge in [-0.3, -0.25) is 0 Å². The highest BCUT2D eigenvalue weighted by atomic mass is 19.1. The largest absolute Gasteiger partial charge is 0.488 e. The van der Waals surface area contributed by atoms with E-state index in [1.165, 1.54) is 12.1 Å². The Hall–Kier alpha value is -2.92. The second-order valence-electron chi connectivity index (χ2n) is 5.55. The minimum absolute atomic E-state index is 0.0598. The molecule has 0 radical (unpaired) electrons. The van der Waals surface area contributed by atoms with Crippen LogP contribution in [0.25, 0.3) is 21.5 Å². The molecule has 3 aromatic rings. The Morgan fingerprint density at radius 1 is 1.16 bits per heavy atom. The monoisotopic (exact) mass is 340 g/mol. The third-order valence-electron chi connectivity index (χ3n) is 3.84. The summed E-state index contributed by atoms with van der Waals surface area (Å²) >= 11 is 0. The Morgan fingerprint density at radius 3 is 2.68 bits per heavy atom. The average Bonchev–Trinajstić information content (AvgIpc) is 2.64. The molecule has 0 bridgehead atoms. The summed E-state index contributed by atoms with van der Waals surface area (Å²) in [5, 5.41) is 12.6. The summed E-state index contributed by atoms with van der Waals surface area (Å²) in [4.78, 5) is 11.3. The normalized spacial score (nSPS) is 12.1. The predicted octanol–water partition coefficient (Wildman–Crippen LogP) is 3.60. The molecule has 0 saturated carbocycles. The highest BCUT2D eigenvalue weighted by Gasteiger charge is 2.15. The standard InChI is InChI=1S/C20H17FO4/c1-2-19(23)25-16(11-22)12-24-20-17-6-4-3-5-13(17)9-14-7-8-15(21)10-18(14)20/h2-10,16,22H,1,11-12H2. The van der Waals surface area contributed by atoms with Crippen LogP contribution in [0.1, 0.15) is 0 Å². The molecule has 0 aliphatic carbocycles. The van der Waals surface area contributed by atoms with Crippen LogP contribution in [-0.4, -0.2) is 30.4 Å². The highest BCUT2D eigenvalue weighted by Crippen LogP contribution is 2.35. The third kappa shape index (κ3) is 3.61. The lowest BCUT2D eigenvalue weighted by molar-refractivity contribution is -0.146. The molecule has 5 heteroatoms. The number of esters is 1. The smallest absolute Gasteiger partial charge is 0.330 e. The lowest BCUT2D eigenvalue weighted by Gasteiger charge is -2.18. The van der Waals surface area contributed by atoms with Gasteiger partial charge in [-0.1, -0.05) is 36.9 Å². The van der Waals surface area contributed by atoms with Crippen molar-refractivity contribution in [2.24, 2.45) is 0 Å². The average molecular weight is 340 g/mol. The first kappa shape index (κ1) is 16.9. The summed E-state index contributed by atoms with van der Waals surface area (Å²) in [5.74, 6) is -0.526. The number of fused-ring (bicyclic) bond motifs is 2. The molecule has 0 amide bonds. The van der Waals surface area contributed by atoms with Gasteiger partial charge in [0.2, 0.25) is 0 Å². The molecule has 1 atom stereocenters. The summed E-state index contributed by atoms with van der Waals surface area (Å²) in [6.45, 7) is 2.87. The lowest BCUT2D eigenvalue weighted by atomic mass is 10.0. The van der Waals surface area contributed by atoms with Crippen LogP contribution in [0.5, 0.6) is 5.75 Å². The first-order valence-corrected chi connectivity index (χ1v) is 7.80. The summed E-state index contributed by atoms with van der Waals surface area (Å²) in [7, 11) is 0. The minimum atomic E-state index is -0.840. The Kier molecular flexibility index (Phi) is 4.95. The maximum atomic E-state index is 13.7. The van der Waals surface area contributed by atoms with Crippen LogP contribution in [0.2, 0.25) is 0 Å². The second-order valence-corrected chi connectivity index (χ2v) is 5.55. The van der Waals surface area contributed by atoms with Crippen LogP contribution in [0.4, 0.5) is 4.39 Å². The van der Waals surface area contributed by atoms with E-state index in [1.54, 1.807) is 6.07 Å². The van der Waals surface area contributed by atoms with Gasteiger partial charge in [-0.2, -0.15) is 0 Å². The van der Waals surface area contributed by atoms with E-state index in [-0.39, 0.29) is 12.4 Å². The zero-order valence-electron chi connectivity index (χ0n) is 13.4. The zero-order chi connectivity index (χ0) is 17.8. The Bertz CT molecular complexity index is 936. The van der Waals surface area contributed by atoms with E-state index in [0.29, 0.717) is 11.1 Å². The number of ether oxygens (including phenoxy) is 2. The van der Waals surface area contributed by atoms with Crippen molar-refractivity contribution in [2.75, 3.05) is 13.2 Å². The molecular weight excluding hydrogens is 323 g/mol. The first-order chi connectivity index (χ1) is 12.1. The fourth-order valence-electron chi connectivity index (χ4n) is 2.66. The van der Waals surface area contributed by atoms with Gasteiger partial charge in [-0.25, -0.2) is 9.18 Å². The Labute approximate surface area is 144 Å². The molecule has 128 valence electrons. The first-order valence-electron chi connectivity index (χ1n) is 7.80. The van der Waals surface area contributed by atoms with E-state index in [2.05, 4.69) is 6.58 Å². The van der Waals surface area contributed by atoms with E-state index >= 15 is 0 Å². The van der Waals surface area contributed by atoms with Crippen LogP contribution < -0.4 is 4.74 Å². The summed E-state index contributed by atoms with van der Waals surface area (Å²) < 4.78 is 24.6. The van der Waals surface area contributed by atoms with Crippen molar-refractivity contribution in [3.63, 3.8) is 0 Å². The quantitative estimate of drug-likeness (QED) is 0.423. The summed E-state index contributed by atoms with van der Waals surface area (Å²) in [5.41, 5.74) is 0. The van der Waals surface area contributed by atoms with Crippen molar-refractivity contribution < 1.29 is 23.8 Å². The molecule has 4 nitrogen and oxygen atoms in total. The van der Waals surface area contributed by atoms with Gasteiger partial charge in [0.05, 0.1) is 6.61 Å². The molecule has 3 aromatic carbocycles. The molecule has 0 saturated heterocycles. The SMILES string of the molecule is C=CC(=O)OC(CO)COc1c2ccccc2cc2ccc(F)cc12. The molecule has 1 N–H and O–H groups in total. The van der Waals surface area contributed by atoms with Crippen molar-refractivity contribution in [2.45, 2.75) is 6.10 Å². The summed E-state index contributed by atoms with van der Waals surface area (Å²) in [6, 6.07) is 14.0. The van der Waals surface area contributed by atoms with Gasteiger partial charge in [-0.15, -0.1) is 0 Å². The number of hydrogen-bond acceptors (Lipinski definition) is 4. The molecule has 1 unspecified atom stereocenters. The van der Waals surface area contributed by atoms with Gasteiger partial charge < -0.3 is 14.6 Å². The number of carbonyl (C=O) groups is 1. The topological polar surface area (TPSA) is 55.8 Å². The predicted molar refractivity (Wildman–Crippen MR) is 94.1 cm³/mol.